The molecule has 0 aromatic carbocycles. The quantitative estimate of drug-likeness (QED) is 0.187. The molecule has 0 aliphatic carbocycles. The van der Waals surface area contributed by atoms with E-state index in [1.54, 1.807) is 0 Å². The Bertz CT molecular complexity index is 270. The number of nitrogens with zero attached hydrogens (tertiary/aromatic N) is 1. The zero-order valence-corrected chi connectivity index (χ0v) is 15.8. The average Bonchev–Trinajstić information content (AvgIpc) is 2.48. The number of carbonyl (C=O) groups excluding carboxylic acids is 1. The topological polar surface area (TPSA) is 26.3 Å². The van der Waals surface area contributed by atoms with Crippen LogP contribution in [0.2, 0.25) is 0 Å². The van der Waals surface area contributed by atoms with Gasteiger partial charge in [-0.3, -0.25) is 4.79 Å². The first-order chi connectivity index (χ1) is 10.5. The summed E-state index contributed by atoms with van der Waals surface area (Å²) >= 11 is 5.40. The Morgan fingerprint density at radius 3 is 1.86 bits per heavy atom. The van der Waals surface area contributed by atoms with Crippen molar-refractivity contribution < 1.29 is 14.0 Å². The zero-order valence-electron chi connectivity index (χ0n) is 15.0. The standard InChI is InChI=1S/C18H37ClNO2/c1-4-5-6-7-8-9-10-11-12-13-14-20(2,3)15-16-22-18(21)17-19/h4-17H2,1-3H3/q+1. The van der Waals surface area contributed by atoms with Crippen molar-refractivity contribution in [2.75, 3.05) is 39.7 Å². The second kappa shape index (κ2) is 14.3. The molecule has 4 heteroatoms. The molecule has 0 atom stereocenters. The maximum absolute atomic E-state index is 11.0. The summed E-state index contributed by atoms with van der Waals surface area (Å²) < 4.78 is 5.95. The molecule has 0 saturated carbocycles. The Labute approximate surface area is 142 Å². The van der Waals surface area contributed by atoms with Crippen LogP contribution in [0.5, 0.6) is 0 Å². The van der Waals surface area contributed by atoms with E-state index in [9.17, 15) is 4.79 Å². The van der Waals surface area contributed by atoms with Crippen LogP contribution in [0, 0.1) is 0 Å². The molecule has 0 N–H and O–H groups in total. The molecule has 0 aliphatic heterocycles. The van der Waals surface area contributed by atoms with Crippen molar-refractivity contribution in [1.82, 2.24) is 0 Å². The summed E-state index contributed by atoms with van der Waals surface area (Å²) in [6, 6.07) is 0. The maximum Gasteiger partial charge on any atom is 0.321 e. The van der Waals surface area contributed by atoms with E-state index in [0.29, 0.717) is 6.61 Å². The van der Waals surface area contributed by atoms with Gasteiger partial charge in [-0.15, -0.1) is 11.6 Å². The minimum atomic E-state index is -0.319. The number of alkyl halides is 1. The lowest BCUT2D eigenvalue weighted by Gasteiger charge is -2.29. The fourth-order valence-electron chi connectivity index (χ4n) is 2.58. The number of halogens is 1. The van der Waals surface area contributed by atoms with Crippen LogP contribution in [0.25, 0.3) is 0 Å². The summed E-state index contributed by atoms with van der Waals surface area (Å²) in [5.41, 5.74) is 0. The van der Waals surface area contributed by atoms with Crippen LogP contribution in [-0.4, -0.2) is 50.1 Å². The van der Waals surface area contributed by atoms with Crippen molar-refractivity contribution in [1.29, 1.82) is 0 Å². The van der Waals surface area contributed by atoms with Gasteiger partial charge in [0.1, 0.15) is 19.0 Å². The summed E-state index contributed by atoms with van der Waals surface area (Å²) in [4.78, 5) is 11.0. The van der Waals surface area contributed by atoms with Gasteiger partial charge in [-0.1, -0.05) is 58.3 Å². The van der Waals surface area contributed by atoms with Crippen LogP contribution in [0.4, 0.5) is 0 Å². The molecule has 0 heterocycles. The Kier molecular flexibility index (Phi) is 14.1. The summed E-state index contributed by atoms with van der Waals surface area (Å²) in [5, 5.41) is 0. The molecule has 3 nitrogen and oxygen atoms in total. The van der Waals surface area contributed by atoms with Crippen molar-refractivity contribution in [3.8, 4) is 0 Å². The summed E-state index contributed by atoms with van der Waals surface area (Å²) in [6.07, 6.45) is 13.7. The Hall–Kier alpha value is -0.280. The molecule has 0 spiro atoms. The molecule has 0 amide bonds. The molecule has 22 heavy (non-hydrogen) atoms. The number of likely N-dealkylation sites (N-methyl/N-ethyl adjacent to an activating group) is 1. The SMILES string of the molecule is CCCCCCCCCCCC[N+](C)(C)CCOC(=O)CCl. The summed E-state index contributed by atoms with van der Waals surface area (Å²) in [7, 11) is 4.39. The maximum atomic E-state index is 11.0. The van der Waals surface area contributed by atoms with E-state index < -0.39 is 0 Å². The first kappa shape index (κ1) is 21.7. The highest BCUT2D eigenvalue weighted by atomic mass is 35.5. The van der Waals surface area contributed by atoms with E-state index in [4.69, 9.17) is 16.3 Å². The molecule has 0 unspecified atom stereocenters. The van der Waals surface area contributed by atoms with Crippen molar-refractivity contribution in [3.63, 3.8) is 0 Å². The Balaban J connectivity index is 3.39. The molecule has 0 rings (SSSR count). The molecule has 132 valence electrons. The van der Waals surface area contributed by atoms with Gasteiger partial charge < -0.3 is 9.22 Å². The number of hydrogen-bond donors (Lipinski definition) is 0. The van der Waals surface area contributed by atoms with Crippen molar-refractivity contribution in [2.24, 2.45) is 0 Å². The molecule has 0 saturated heterocycles. The minimum Gasteiger partial charge on any atom is -0.459 e. The number of esters is 1. The monoisotopic (exact) mass is 334 g/mol. The predicted molar refractivity (Wildman–Crippen MR) is 95.4 cm³/mol. The van der Waals surface area contributed by atoms with E-state index in [1.165, 1.54) is 64.2 Å². The van der Waals surface area contributed by atoms with Gasteiger partial charge in [0.15, 0.2) is 0 Å². The number of unbranched alkanes of at least 4 members (excludes halogenated alkanes) is 9. The normalized spacial score (nSPS) is 11.6. The molecular formula is C18H37ClNO2+. The Morgan fingerprint density at radius 1 is 0.864 bits per heavy atom. The Morgan fingerprint density at radius 2 is 1.36 bits per heavy atom. The van der Waals surface area contributed by atoms with Gasteiger partial charge in [0.05, 0.1) is 20.6 Å². The fraction of sp³-hybridized carbons (Fsp3) is 0.944. The van der Waals surface area contributed by atoms with E-state index in [2.05, 4.69) is 21.0 Å². The van der Waals surface area contributed by atoms with Gasteiger partial charge in [0.25, 0.3) is 0 Å². The minimum absolute atomic E-state index is 0.0497. The first-order valence-electron chi connectivity index (χ1n) is 9.05. The van der Waals surface area contributed by atoms with Crippen LogP contribution >= 0.6 is 11.6 Å². The molecule has 0 fully saturated rings. The highest BCUT2D eigenvalue weighted by molar-refractivity contribution is 6.26. The number of carbonyl (C=O) groups is 1. The zero-order chi connectivity index (χ0) is 16.7. The van der Waals surface area contributed by atoms with Crippen molar-refractivity contribution in [3.05, 3.63) is 0 Å². The average molecular weight is 335 g/mol. The van der Waals surface area contributed by atoms with Gasteiger partial charge in [-0.2, -0.15) is 0 Å². The van der Waals surface area contributed by atoms with E-state index >= 15 is 0 Å². The number of hydrogen-bond acceptors (Lipinski definition) is 2. The van der Waals surface area contributed by atoms with E-state index in [-0.39, 0.29) is 11.8 Å². The summed E-state index contributed by atoms with van der Waals surface area (Å²) in [5.74, 6) is -0.369. The van der Waals surface area contributed by atoms with E-state index in [0.717, 1.165) is 17.6 Å². The number of ether oxygens (including phenoxy) is 1. The van der Waals surface area contributed by atoms with Crippen molar-refractivity contribution in [2.45, 2.75) is 71.1 Å². The predicted octanol–water partition coefficient (Wildman–Crippen LogP) is 4.77. The lowest BCUT2D eigenvalue weighted by Crippen LogP contribution is -2.43. The van der Waals surface area contributed by atoms with Crippen molar-refractivity contribution >= 4 is 17.6 Å². The summed E-state index contributed by atoms with van der Waals surface area (Å²) in [6.45, 7) is 4.74. The highest BCUT2D eigenvalue weighted by Gasteiger charge is 2.15. The van der Waals surface area contributed by atoms with Gasteiger partial charge in [0.2, 0.25) is 0 Å². The molecule has 0 bridgehead atoms. The molecule has 0 aromatic rings. The molecular weight excluding hydrogens is 298 g/mol. The second-order valence-corrected chi connectivity index (χ2v) is 7.19. The van der Waals surface area contributed by atoms with Crippen LogP contribution in [-0.2, 0) is 9.53 Å². The molecule has 0 aromatic heterocycles. The molecule has 0 aliphatic rings. The van der Waals surface area contributed by atoms with Crippen LogP contribution in [0.3, 0.4) is 0 Å². The third-order valence-electron chi connectivity index (χ3n) is 4.19. The number of rotatable bonds is 15. The van der Waals surface area contributed by atoms with Gasteiger partial charge in [-0.05, 0) is 12.8 Å². The van der Waals surface area contributed by atoms with Crippen LogP contribution < -0.4 is 0 Å². The molecule has 0 radical (unpaired) electrons. The fourth-order valence-corrected chi connectivity index (χ4v) is 2.66. The van der Waals surface area contributed by atoms with Gasteiger partial charge >= 0.3 is 5.97 Å². The number of quaternary nitrogens is 1. The smallest absolute Gasteiger partial charge is 0.321 e. The van der Waals surface area contributed by atoms with Gasteiger partial charge in [0, 0.05) is 0 Å². The van der Waals surface area contributed by atoms with Crippen LogP contribution in [0.15, 0.2) is 0 Å². The van der Waals surface area contributed by atoms with Crippen LogP contribution in [0.1, 0.15) is 71.1 Å². The third kappa shape index (κ3) is 14.6. The first-order valence-corrected chi connectivity index (χ1v) is 9.59. The van der Waals surface area contributed by atoms with E-state index in [1.807, 2.05) is 0 Å². The highest BCUT2D eigenvalue weighted by Crippen LogP contribution is 2.11. The second-order valence-electron chi connectivity index (χ2n) is 6.92. The largest absolute Gasteiger partial charge is 0.459 e. The lowest BCUT2D eigenvalue weighted by molar-refractivity contribution is -0.890. The van der Waals surface area contributed by atoms with Gasteiger partial charge in [-0.25, -0.2) is 0 Å². The third-order valence-corrected chi connectivity index (χ3v) is 4.40. The lowest BCUT2D eigenvalue weighted by atomic mass is 10.1.